The number of rotatable bonds is 4. The average Bonchev–Trinajstić information content (AvgIpc) is 3.16. The van der Waals surface area contributed by atoms with Gasteiger partial charge in [-0.05, 0) is 29.8 Å². The van der Waals surface area contributed by atoms with Gasteiger partial charge in [-0.25, -0.2) is 9.97 Å². The Morgan fingerprint density at radius 2 is 1.54 bits per heavy atom. The van der Waals surface area contributed by atoms with Crippen LogP contribution in [0.5, 0.6) is 0 Å². The molecule has 28 heavy (non-hydrogen) atoms. The molecule has 0 bridgehead atoms. The second-order valence-corrected chi connectivity index (χ2v) is 6.47. The maximum atomic E-state index is 9.70. The SMILES string of the molecule is OCc1ccccc1-c1nc(Nc2n[nH]c3ccccc23)c2ccccc2n1. The molecule has 0 aliphatic carbocycles. The zero-order valence-electron chi connectivity index (χ0n) is 14.9. The van der Waals surface area contributed by atoms with Crippen molar-refractivity contribution in [2.24, 2.45) is 0 Å². The van der Waals surface area contributed by atoms with Gasteiger partial charge >= 0.3 is 0 Å². The summed E-state index contributed by atoms with van der Waals surface area (Å²) in [4.78, 5) is 9.49. The Kier molecular flexibility index (Phi) is 3.96. The second-order valence-electron chi connectivity index (χ2n) is 6.47. The third-order valence-electron chi connectivity index (χ3n) is 4.74. The fraction of sp³-hybridized carbons (Fsp3) is 0.0455. The highest BCUT2D eigenvalue weighted by molar-refractivity contribution is 5.96. The zero-order valence-corrected chi connectivity index (χ0v) is 14.9. The van der Waals surface area contributed by atoms with Gasteiger partial charge in [0.1, 0.15) is 5.82 Å². The Hall–Kier alpha value is -3.77. The quantitative estimate of drug-likeness (QED) is 0.438. The van der Waals surface area contributed by atoms with Gasteiger partial charge < -0.3 is 10.4 Å². The van der Waals surface area contributed by atoms with Gasteiger partial charge in [0.15, 0.2) is 11.6 Å². The van der Waals surface area contributed by atoms with E-state index >= 15 is 0 Å². The molecule has 0 spiro atoms. The summed E-state index contributed by atoms with van der Waals surface area (Å²) in [5, 5.41) is 22.4. The lowest BCUT2D eigenvalue weighted by molar-refractivity contribution is 0.282. The van der Waals surface area contributed by atoms with Gasteiger partial charge in [0.05, 0.1) is 17.6 Å². The van der Waals surface area contributed by atoms with Crippen molar-refractivity contribution in [1.82, 2.24) is 20.2 Å². The minimum atomic E-state index is -0.0703. The van der Waals surface area contributed by atoms with Crippen LogP contribution in [0.1, 0.15) is 5.56 Å². The van der Waals surface area contributed by atoms with E-state index in [1.807, 2.05) is 72.8 Å². The normalized spacial score (nSPS) is 11.2. The zero-order chi connectivity index (χ0) is 18.9. The number of aromatic amines is 1. The van der Waals surface area contributed by atoms with E-state index in [2.05, 4.69) is 15.5 Å². The summed E-state index contributed by atoms with van der Waals surface area (Å²) >= 11 is 0. The van der Waals surface area contributed by atoms with Crippen LogP contribution in [-0.2, 0) is 6.61 Å². The summed E-state index contributed by atoms with van der Waals surface area (Å²) in [6.45, 7) is -0.0703. The molecule has 0 aliphatic rings. The predicted molar refractivity (Wildman–Crippen MR) is 110 cm³/mol. The summed E-state index contributed by atoms with van der Waals surface area (Å²) in [7, 11) is 0. The highest BCUT2D eigenvalue weighted by Gasteiger charge is 2.14. The lowest BCUT2D eigenvalue weighted by Gasteiger charge is -2.11. The lowest BCUT2D eigenvalue weighted by atomic mass is 10.1. The first-order valence-electron chi connectivity index (χ1n) is 8.99. The second kappa shape index (κ2) is 6.75. The molecule has 0 fully saturated rings. The van der Waals surface area contributed by atoms with E-state index in [1.165, 1.54) is 0 Å². The predicted octanol–water partition coefficient (Wildman–Crippen LogP) is 4.41. The Labute approximate surface area is 160 Å². The molecular weight excluding hydrogens is 350 g/mol. The molecule has 2 aromatic heterocycles. The topological polar surface area (TPSA) is 86.7 Å². The van der Waals surface area contributed by atoms with E-state index in [-0.39, 0.29) is 6.61 Å². The van der Waals surface area contributed by atoms with Gasteiger partial charge in [-0.15, -0.1) is 0 Å². The van der Waals surface area contributed by atoms with Gasteiger partial charge in [-0.1, -0.05) is 48.5 Å². The molecule has 0 unspecified atom stereocenters. The smallest absolute Gasteiger partial charge is 0.162 e. The Morgan fingerprint density at radius 3 is 2.43 bits per heavy atom. The first kappa shape index (κ1) is 16.4. The van der Waals surface area contributed by atoms with E-state index in [0.29, 0.717) is 17.5 Å². The van der Waals surface area contributed by atoms with Crippen LogP contribution in [0.25, 0.3) is 33.2 Å². The fourth-order valence-electron chi connectivity index (χ4n) is 3.34. The summed E-state index contributed by atoms with van der Waals surface area (Å²) in [5.74, 6) is 1.94. The Morgan fingerprint density at radius 1 is 0.786 bits per heavy atom. The van der Waals surface area contributed by atoms with Crippen LogP contribution in [0.3, 0.4) is 0 Å². The number of hydrogen-bond donors (Lipinski definition) is 3. The number of anilines is 2. The van der Waals surface area contributed by atoms with Gasteiger partial charge in [-0.2, -0.15) is 5.10 Å². The first-order chi connectivity index (χ1) is 13.8. The largest absolute Gasteiger partial charge is 0.392 e. The summed E-state index contributed by atoms with van der Waals surface area (Å²) < 4.78 is 0. The van der Waals surface area contributed by atoms with E-state index in [4.69, 9.17) is 9.97 Å². The molecule has 0 aliphatic heterocycles. The van der Waals surface area contributed by atoms with Crippen molar-refractivity contribution in [2.75, 3.05) is 5.32 Å². The Balaban J connectivity index is 1.69. The van der Waals surface area contributed by atoms with Crippen molar-refractivity contribution < 1.29 is 5.11 Å². The first-order valence-corrected chi connectivity index (χ1v) is 8.99. The van der Waals surface area contributed by atoms with E-state index in [0.717, 1.165) is 32.9 Å². The van der Waals surface area contributed by atoms with Crippen LogP contribution in [0.4, 0.5) is 11.6 Å². The van der Waals surface area contributed by atoms with Crippen molar-refractivity contribution in [3.05, 3.63) is 78.4 Å². The molecule has 0 atom stereocenters. The van der Waals surface area contributed by atoms with Crippen molar-refractivity contribution in [1.29, 1.82) is 0 Å². The monoisotopic (exact) mass is 367 g/mol. The summed E-state index contributed by atoms with van der Waals surface area (Å²) in [6, 6.07) is 23.4. The minimum Gasteiger partial charge on any atom is -0.392 e. The third kappa shape index (κ3) is 2.76. The molecule has 6 heteroatoms. The number of hydrogen-bond acceptors (Lipinski definition) is 5. The minimum absolute atomic E-state index is 0.0703. The molecule has 0 saturated heterocycles. The molecule has 2 heterocycles. The van der Waals surface area contributed by atoms with Crippen LogP contribution in [0.15, 0.2) is 72.8 Å². The highest BCUT2D eigenvalue weighted by atomic mass is 16.3. The highest BCUT2D eigenvalue weighted by Crippen LogP contribution is 2.30. The summed E-state index contributed by atoms with van der Waals surface area (Å²) in [5.41, 5.74) is 3.37. The van der Waals surface area contributed by atoms with Crippen LogP contribution in [0.2, 0.25) is 0 Å². The molecule has 0 radical (unpaired) electrons. The van der Waals surface area contributed by atoms with Crippen LogP contribution < -0.4 is 5.32 Å². The number of fused-ring (bicyclic) bond motifs is 2. The fourth-order valence-corrected chi connectivity index (χ4v) is 3.34. The number of para-hydroxylation sites is 2. The molecule has 5 rings (SSSR count). The molecule has 6 nitrogen and oxygen atoms in total. The summed E-state index contributed by atoms with van der Waals surface area (Å²) in [6.07, 6.45) is 0. The molecule has 0 saturated carbocycles. The van der Waals surface area contributed by atoms with Crippen molar-refractivity contribution in [3.63, 3.8) is 0 Å². The number of benzene rings is 3. The lowest BCUT2D eigenvalue weighted by Crippen LogP contribution is -2.01. The van der Waals surface area contributed by atoms with Crippen molar-refractivity contribution in [2.45, 2.75) is 6.61 Å². The number of H-pyrrole nitrogens is 1. The van der Waals surface area contributed by atoms with E-state index < -0.39 is 0 Å². The number of aliphatic hydroxyl groups excluding tert-OH is 1. The van der Waals surface area contributed by atoms with E-state index in [1.54, 1.807) is 0 Å². The van der Waals surface area contributed by atoms with E-state index in [9.17, 15) is 5.11 Å². The van der Waals surface area contributed by atoms with Gasteiger partial charge in [0.2, 0.25) is 0 Å². The standard InChI is InChI=1S/C22H17N5O/c28-13-14-7-1-2-8-15(14)20-23-18-11-5-3-9-16(18)21(24-20)25-22-17-10-4-6-12-19(17)26-27-22/h1-12,28H,13H2,(H2,23,24,25,26,27). The number of aliphatic hydroxyl groups is 1. The Bertz CT molecular complexity index is 1290. The maximum Gasteiger partial charge on any atom is 0.162 e. The average molecular weight is 367 g/mol. The van der Waals surface area contributed by atoms with Gasteiger partial charge in [0, 0.05) is 16.3 Å². The van der Waals surface area contributed by atoms with Crippen molar-refractivity contribution >= 4 is 33.4 Å². The number of aromatic nitrogens is 4. The molecule has 136 valence electrons. The molecule has 3 N–H and O–H groups in total. The van der Waals surface area contributed by atoms with Crippen LogP contribution >= 0.6 is 0 Å². The molecule has 0 amide bonds. The molecular formula is C22H17N5O. The van der Waals surface area contributed by atoms with Crippen LogP contribution in [-0.4, -0.2) is 25.3 Å². The maximum absolute atomic E-state index is 9.70. The number of nitrogens with one attached hydrogen (secondary N) is 2. The van der Waals surface area contributed by atoms with Gasteiger partial charge in [0.25, 0.3) is 0 Å². The molecule has 5 aromatic rings. The van der Waals surface area contributed by atoms with Crippen molar-refractivity contribution in [3.8, 4) is 11.4 Å². The third-order valence-corrected chi connectivity index (χ3v) is 4.74. The molecule has 3 aromatic carbocycles. The van der Waals surface area contributed by atoms with Crippen LogP contribution in [0, 0.1) is 0 Å². The number of nitrogens with zero attached hydrogens (tertiary/aromatic N) is 3. The van der Waals surface area contributed by atoms with Gasteiger partial charge in [-0.3, -0.25) is 5.10 Å².